The van der Waals surface area contributed by atoms with Gasteiger partial charge in [0.25, 0.3) is 0 Å². The zero-order valence-corrected chi connectivity index (χ0v) is 11.1. The van der Waals surface area contributed by atoms with Crippen LogP contribution in [0.4, 0.5) is 8.78 Å². The molecule has 0 amide bonds. The second kappa shape index (κ2) is 5.22. The molecule has 4 nitrogen and oxygen atoms in total. The van der Waals surface area contributed by atoms with Crippen molar-refractivity contribution in [3.05, 3.63) is 48.0 Å². The number of hydrogen-bond donors (Lipinski definition) is 1. The molecule has 0 saturated heterocycles. The summed E-state index contributed by atoms with van der Waals surface area (Å²) < 4.78 is 32.3. The van der Waals surface area contributed by atoms with Crippen molar-refractivity contribution in [3.63, 3.8) is 0 Å². The van der Waals surface area contributed by atoms with Gasteiger partial charge >= 0.3 is 5.97 Å². The molecule has 2 aromatic carbocycles. The second-order valence-electron chi connectivity index (χ2n) is 4.82. The van der Waals surface area contributed by atoms with Crippen molar-refractivity contribution >= 4 is 33.7 Å². The molecule has 1 N–H and O–H groups in total. The van der Waals surface area contributed by atoms with Crippen LogP contribution >= 0.6 is 0 Å². The van der Waals surface area contributed by atoms with Crippen LogP contribution in [0.1, 0.15) is 10.4 Å². The number of carboxylic acids is 1. The number of carbonyl (C=O) groups excluding carboxylic acids is 1. The Morgan fingerprint density at radius 2 is 1.64 bits per heavy atom. The molecule has 1 aromatic heterocycles. The first-order valence-corrected chi connectivity index (χ1v) is 6.45. The lowest BCUT2D eigenvalue weighted by Crippen LogP contribution is -2.33. The number of hydrogen-bond acceptors (Lipinski definition) is 3. The molecule has 3 rings (SSSR count). The fourth-order valence-electron chi connectivity index (χ4n) is 2.30. The summed E-state index contributed by atoms with van der Waals surface area (Å²) in [5.41, 5.74) is 1.01. The molecule has 0 fully saturated rings. The Kier molecular flexibility index (Phi) is 3.36. The number of furan rings is 1. The van der Waals surface area contributed by atoms with Gasteiger partial charge in [0.15, 0.2) is 0 Å². The van der Waals surface area contributed by atoms with E-state index >= 15 is 0 Å². The van der Waals surface area contributed by atoms with Crippen molar-refractivity contribution in [2.45, 2.75) is 12.3 Å². The highest BCUT2D eigenvalue weighted by molar-refractivity contribution is 6.10. The largest absolute Gasteiger partial charge is 0.479 e. The Morgan fingerprint density at radius 1 is 0.955 bits per heavy atom. The van der Waals surface area contributed by atoms with Gasteiger partial charge in [-0.05, 0) is 24.3 Å². The molecule has 3 aromatic rings. The predicted molar refractivity (Wildman–Crippen MR) is 75.5 cm³/mol. The SMILES string of the molecule is O=C(O)C(F)C(F)C(=O)c1ccc2oc3ccccc3c2c1. The highest BCUT2D eigenvalue weighted by Gasteiger charge is 2.34. The molecule has 112 valence electrons. The van der Waals surface area contributed by atoms with E-state index in [9.17, 15) is 18.4 Å². The van der Waals surface area contributed by atoms with E-state index in [1.807, 2.05) is 0 Å². The number of benzene rings is 2. The number of aliphatic carboxylic acids is 1. The summed E-state index contributed by atoms with van der Waals surface area (Å²) in [6, 6.07) is 11.2. The van der Waals surface area contributed by atoms with E-state index in [1.165, 1.54) is 18.2 Å². The lowest BCUT2D eigenvalue weighted by molar-refractivity contribution is -0.144. The van der Waals surface area contributed by atoms with Crippen LogP contribution in [0.25, 0.3) is 21.9 Å². The summed E-state index contributed by atoms with van der Waals surface area (Å²) >= 11 is 0. The van der Waals surface area contributed by atoms with E-state index < -0.39 is 24.1 Å². The molecule has 22 heavy (non-hydrogen) atoms. The smallest absolute Gasteiger partial charge is 0.341 e. The molecule has 6 heteroatoms. The molecular formula is C16H10F2O4. The first kappa shape index (κ1) is 14.2. The number of alkyl halides is 2. The van der Waals surface area contributed by atoms with Gasteiger partial charge in [0, 0.05) is 16.3 Å². The molecule has 2 atom stereocenters. The highest BCUT2D eigenvalue weighted by atomic mass is 19.2. The van der Waals surface area contributed by atoms with Gasteiger partial charge in [0.2, 0.25) is 18.1 Å². The Bertz CT molecular complexity index is 884. The molecular weight excluding hydrogens is 294 g/mol. The van der Waals surface area contributed by atoms with Crippen molar-refractivity contribution in [3.8, 4) is 0 Å². The van der Waals surface area contributed by atoms with E-state index in [1.54, 1.807) is 24.3 Å². The standard InChI is InChI=1S/C16H10F2O4/c17-13(14(18)16(20)21)15(19)8-5-6-12-10(7-8)9-3-1-2-4-11(9)22-12/h1-7,13-14H,(H,20,21). The summed E-state index contributed by atoms with van der Waals surface area (Å²) in [6.07, 6.45) is -5.63. The van der Waals surface area contributed by atoms with Crippen molar-refractivity contribution in [2.75, 3.05) is 0 Å². The number of fused-ring (bicyclic) bond motifs is 3. The number of carboxylic acid groups (broad SMARTS) is 1. The van der Waals surface area contributed by atoms with Gasteiger partial charge in [-0.15, -0.1) is 0 Å². The second-order valence-corrected chi connectivity index (χ2v) is 4.82. The highest BCUT2D eigenvalue weighted by Crippen LogP contribution is 2.29. The maximum absolute atomic E-state index is 13.6. The van der Waals surface area contributed by atoms with Crippen LogP contribution in [-0.2, 0) is 4.79 Å². The Morgan fingerprint density at radius 3 is 2.36 bits per heavy atom. The normalized spacial score (nSPS) is 14.1. The van der Waals surface area contributed by atoms with Gasteiger partial charge in [-0.1, -0.05) is 18.2 Å². The molecule has 0 aliphatic carbocycles. The number of carbonyl (C=O) groups is 2. The maximum Gasteiger partial charge on any atom is 0.341 e. The molecule has 0 saturated carbocycles. The van der Waals surface area contributed by atoms with Gasteiger partial charge in [0.1, 0.15) is 11.2 Å². The minimum absolute atomic E-state index is 0.101. The van der Waals surface area contributed by atoms with E-state index in [2.05, 4.69) is 0 Å². The molecule has 0 radical (unpaired) electrons. The summed E-state index contributed by atoms with van der Waals surface area (Å²) in [7, 11) is 0. The van der Waals surface area contributed by atoms with Crippen molar-refractivity contribution < 1.29 is 27.9 Å². The van der Waals surface area contributed by atoms with Crippen LogP contribution in [0.2, 0.25) is 0 Å². The molecule has 0 aliphatic heterocycles. The maximum atomic E-state index is 13.6. The third-order valence-electron chi connectivity index (χ3n) is 3.40. The van der Waals surface area contributed by atoms with Crippen molar-refractivity contribution in [1.82, 2.24) is 0 Å². The lowest BCUT2D eigenvalue weighted by Gasteiger charge is -2.08. The molecule has 0 aliphatic rings. The number of para-hydroxylation sites is 1. The topological polar surface area (TPSA) is 67.5 Å². The van der Waals surface area contributed by atoms with E-state index in [4.69, 9.17) is 9.52 Å². The van der Waals surface area contributed by atoms with Gasteiger partial charge in [-0.25, -0.2) is 13.6 Å². The predicted octanol–water partition coefficient (Wildman–Crippen LogP) is 3.53. The Labute approximate surface area is 122 Å². The van der Waals surface area contributed by atoms with Gasteiger partial charge in [0.05, 0.1) is 0 Å². The Balaban J connectivity index is 2.06. The van der Waals surface area contributed by atoms with Crippen LogP contribution < -0.4 is 0 Å². The van der Waals surface area contributed by atoms with Crippen molar-refractivity contribution in [2.24, 2.45) is 0 Å². The summed E-state index contributed by atoms with van der Waals surface area (Å²) in [5, 5.41) is 9.76. The minimum atomic E-state index is -2.88. The average Bonchev–Trinajstić information content (AvgIpc) is 2.90. The molecule has 0 spiro atoms. The lowest BCUT2D eigenvalue weighted by atomic mass is 10.0. The molecule has 2 unspecified atom stereocenters. The third-order valence-corrected chi connectivity index (χ3v) is 3.40. The summed E-state index contributed by atoms with van der Waals surface area (Å²) in [5.74, 6) is -3.21. The number of rotatable bonds is 4. The fraction of sp³-hybridized carbons (Fsp3) is 0.125. The van der Waals surface area contributed by atoms with Crippen LogP contribution in [0, 0.1) is 0 Å². The van der Waals surface area contributed by atoms with E-state index in [-0.39, 0.29) is 5.56 Å². The van der Waals surface area contributed by atoms with Crippen LogP contribution in [0.5, 0.6) is 0 Å². The minimum Gasteiger partial charge on any atom is -0.479 e. The quantitative estimate of drug-likeness (QED) is 0.749. The fourth-order valence-corrected chi connectivity index (χ4v) is 2.30. The summed E-state index contributed by atoms with van der Waals surface area (Å²) in [4.78, 5) is 22.3. The van der Waals surface area contributed by atoms with Gasteiger partial charge < -0.3 is 9.52 Å². The first-order chi connectivity index (χ1) is 10.5. The number of ketones is 1. The van der Waals surface area contributed by atoms with Crippen LogP contribution in [0.3, 0.4) is 0 Å². The average molecular weight is 304 g/mol. The van der Waals surface area contributed by atoms with Crippen LogP contribution in [-0.4, -0.2) is 29.2 Å². The Hall–Kier alpha value is -2.76. The van der Waals surface area contributed by atoms with Gasteiger partial charge in [-0.3, -0.25) is 4.79 Å². The van der Waals surface area contributed by atoms with E-state index in [0.29, 0.717) is 16.6 Å². The monoisotopic (exact) mass is 304 g/mol. The summed E-state index contributed by atoms with van der Waals surface area (Å²) in [6.45, 7) is 0. The first-order valence-electron chi connectivity index (χ1n) is 6.45. The zero-order chi connectivity index (χ0) is 15.9. The zero-order valence-electron chi connectivity index (χ0n) is 11.1. The van der Waals surface area contributed by atoms with Gasteiger partial charge in [-0.2, -0.15) is 0 Å². The third kappa shape index (κ3) is 2.22. The number of Topliss-reactive ketones (excluding diaryl/α,β-unsaturated/α-hetero) is 1. The van der Waals surface area contributed by atoms with E-state index in [0.717, 1.165) is 5.39 Å². The molecule has 0 bridgehead atoms. The number of halogens is 2. The van der Waals surface area contributed by atoms with Crippen molar-refractivity contribution in [1.29, 1.82) is 0 Å². The molecule has 1 heterocycles. The van der Waals surface area contributed by atoms with Crippen LogP contribution in [0.15, 0.2) is 46.9 Å².